The van der Waals surface area contributed by atoms with Crippen LogP contribution in [-0.2, 0) is 21.4 Å². The SMILES string of the molecule is CN(C[C@@H](CCN1CCC(N(CCO)C(=O)OCc2ccccc2)CC1)c1cccc(Cl)c1)S(=O)(=O)c1ccccc1.Cl. The Morgan fingerprint density at radius 2 is 1.67 bits per heavy atom. The van der Waals surface area contributed by atoms with Crippen molar-refractivity contribution in [2.45, 2.75) is 42.7 Å². The van der Waals surface area contributed by atoms with Crippen LogP contribution in [-0.4, -0.2) is 86.1 Å². The summed E-state index contributed by atoms with van der Waals surface area (Å²) in [6.07, 6.45) is 1.88. The molecule has 3 aromatic rings. The van der Waals surface area contributed by atoms with Crippen LogP contribution in [0.15, 0.2) is 89.8 Å². The molecule has 8 nitrogen and oxygen atoms in total. The topological polar surface area (TPSA) is 90.4 Å². The molecule has 1 N–H and O–H groups in total. The molecule has 1 aliphatic rings. The number of amides is 1. The predicted molar refractivity (Wildman–Crippen MR) is 172 cm³/mol. The van der Waals surface area contributed by atoms with Crippen LogP contribution in [0.3, 0.4) is 0 Å². The molecule has 43 heavy (non-hydrogen) atoms. The smallest absolute Gasteiger partial charge is 0.410 e. The molecule has 11 heteroatoms. The molecule has 234 valence electrons. The maximum absolute atomic E-state index is 13.2. The van der Waals surface area contributed by atoms with Crippen molar-refractivity contribution < 1.29 is 23.1 Å². The van der Waals surface area contributed by atoms with Gasteiger partial charge in [0.2, 0.25) is 10.0 Å². The number of rotatable bonds is 13. The fraction of sp³-hybridized carbons (Fsp3) is 0.406. The average Bonchev–Trinajstić information content (AvgIpc) is 3.02. The summed E-state index contributed by atoms with van der Waals surface area (Å²) in [4.78, 5) is 17.2. The van der Waals surface area contributed by atoms with Gasteiger partial charge in [-0.15, -0.1) is 12.4 Å². The minimum Gasteiger partial charge on any atom is -0.445 e. The van der Waals surface area contributed by atoms with Gasteiger partial charge >= 0.3 is 6.09 Å². The van der Waals surface area contributed by atoms with Crippen molar-refractivity contribution >= 4 is 40.1 Å². The largest absolute Gasteiger partial charge is 0.445 e. The van der Waals surface area contributed by atoms with Gasteiger partial charge in [-0.25, -0.2) is 17.5 Å². The first-order chi connectivity index (χ1) is 20.3. The van der Waals surface area contributed by atoms with Crippen LogP contribution in [0.1, 0.15) is 36.3 Å². The van der Waals surface area contributed by atoms with E-state index in [1.54, 1.807) is 42.3 Å². The highest BCUT2D eigenvalue weighted by atomic mass is 35.5. The normalized spacial score (nSPS) is 15.1. The molecule has 1 saturated heterocycles. The number of carbonyl (C=O) groups is 1. The summed E-state index contributed by atoms with van der Waals surface area (Å²) in [5.74, 6) is -0.0521. The number of hydrogen-bond acceptors (Lipinski definition) is 6. The lowest BCUT2D eigenvalue weighted by Gasteiger charge is -2.38. The number of sulfonamides is 1. The van der Waals surface area contributed by atoms with Gasteiger partial charge in [0.05, 0.1) is 11.5 Å². The lowest BCUT2D eigenvalue weighted by atomic mass is 9.94. The molecule has 0 saturated carbocycles. The molecule has 1 aliphatic heterocycles. The molecule has 0 spiro atoms. The van der Waals surface area contributed by atoms with Crippen LogP contribution in [0.4, 0.5) is 4.79 Å². The third kappa shape index (κ3) is 9.93. The van der Waals surface area contributed by atoms with E-state index in [1.807, 2.05) is 54.6 Å². The molecule has 3 aromatic carbocycles. The zero-order chi connectivity index (χ0) is 30.0. The molecule has 1 atom stereocenters. The second-order valence-corrected chi connectivity index (χ2v) is 13.2. The number of halogens is 2. The van der Waals surface area contributed by atoms with E-state index in [0.29, 0.717) is 11.6 Å². The first kappa shape index (κ1) is 34.8. The standard InChI is InChI=1S/C32H40ClN3O5S.ClH/c1-34(42(39,40)31-13-6-3-7-14-31)24-28(27-11-8-12-29(33)23-27)15-18-35-19-16-30(17-20-35)36(21-22-37)32(38)41-25-26-9-4-2-5-10-26;/h2-14,23,28,30,37H,15-22,24-25H2,1H3;1H/t28-;/m1./s1. The zero-order valence-corrected chi connectivity index (χ0v) is 26.8. The molecule has 0 radical (unpaired) electrons. The lowest BCUT2D eigenvalue weighted by molar-refractivity contribution is 0.0521. The second kappa shape index (κ2) is 17.0. The summed E-state index contributed by atoms with van der Waals surface area (Å²) in [7, 11) is -2.01. The Labute approximate surface area is 266 Å². The molecular weight excluding hydrogens is 609 g/mol. The Balaban J connectivity index is 0.00000506. The van der Waals surface area contributed by atoms with E-state index in [1.165, 1.54) is 4.31 Å². The monoisotopic (exact) mass is 649 g/mol. The third-order valence-corrected chi connectivity index (χ3v) is 9.89. The van der Waals surface area contributed by atoms with Crippen LogP contribution in [0.25, 0.3) is 0 Å². The Kier molecular flexibility index (Phi) is 13.8. The number of likely N-dealkylation sites (N-methyl/N-ethyl adjacent to an activating group) is 1. The van der Waals surface area contributed by atoms with Crippen LogP contribution >= 0.6 is 24.0 Å². The number of carbonyl (C=O) groups excluding carboxylic acids is 1. The van der Waals surface area contributed by atoms with Crippen molar-refractivity contribution in [3.05, 3.63) is 101 Å². The molecule has 1 fully saturated rings. The van der Waals surface area contributed by atoms with Gasteiger partial charge in [-0.1, -0.05) is 72.3 Å². The first-order valence-corrected chi connectivity index (χ1v) is 16.2. The number of aliphatic hydroxyl groups excluding tert-OH is 1. The summed E-state index contributed by atoms with van der Waals surface area (Å²) >= 11 is 6.31. The number of likely N-dealkylation sites (tertiary alicyclic amines) is 1. The highest BCUT2D eigenvalue weighted by Gasteiger charge is 2.30. The number of ether oxygens (including phenoxy) is 1. The van der Waals surface area contributed by atoms with Gasteiger partial charge in [-0.2, -0.15) is 0 Å². The van der Waals surface area contributed by atoms with E-state index in [-0.39, 0.29) is 49.0 Å². The highest BCUT2D eigenvalue weighted by Crippen LogP contribution is 2.27. The van der Waals surface area contributed by atoms with Gasteiger partial charge in [0.1, 0.15) is 6.61 Å². The van der Waals surface area contributed by atoms with Gasteiger partial charge in [0, 0.05) is 44.3 Å². The molecule has 0 aliphatic carbocycles. The second-order valence-electron chi connectivity index (χ2n) is 10.7. The first-order valence-electron chi connectivity index (χ1n) is 14.4. The van der Waals surface area contributed by atoms with E-state index in [9.17, 15) is 18.3 Å². The Bertz CT molecular complexity index is 1370. The van der Waals surface area contributed by atoms with Crippen molar-refractivity contribution in [2.75, 3.05) is 46.4 Å². The Morgan fingerprint density at radius 3 is 2.30 bits per heavy atom. The number of nitrogens with zero attached hydrogens (tertiary/aromatic N) is 3. The number of hydrogen-bond donors (Lipinski definition) is 1. The van der Waals surface area contributed by atoms with Crippen molar-refractivity contribution in [2.24, 2.45) is 0 Å². The van der Waals surface area contributed by atoms with Crippen molar-refractivity contribution in [3.8, 4) is 0 Å². The van der Waals surface area contributed by atoms with Gasteiger partial charge in [-0.3, -0.25) is 0 Å². The molecule has 1 heterocycles. The maximum Gasteiger partial charge on any atom is 0.410 e. The van der Waals surface area contributed by atoms with Crippen LogP contribution in [0.5, 0.6) is 0 Å². The molecule has 0 aromatic heterocycles. The Morgan fingerprint density at radius 1 is 1.02 bits per heavy atom. The fourth-order valence-electron chi connectivity index (χ4n) is 5.43. The molecule has 0 unspecified atom stereocenters. The number of aliphatic hydroxyl groups is 1. The summed E-state index contributed by atoms with van der Waals surface area (Å²) in [6.45, 7) is 2.99. The van der Waals surface area contributed by atoms with E-state index in [2.05, 4.69) is 4.90 Å². The van der Waals surface area contributed by atoms with E-state index < -0.39 is 16.1 Å². The third-order valence-electron chi connectivity index (χ3n) is 7.82. The van der Waals surface area contributed by atoms with E-state index in [4.69, 9.17) is 16.3 Å². The predicted octanol–water partition coefficient (Wildman–Crippen LogP) is 5.65. The van der Waals surface area contributed by atoms with Gasteiger partial charge in [0.25, 0.3) is 0 Å². The van der Waals surface area contributed by atoms with Crippen molar-refractivity contribution in [1.29, 1.82) is 0 Å². The summed E-state index contributed by atoms with van der Waals surface area (Å²) in [6, 6.07) is 25.6. The lowest BCUT2D eigenvalue weighted by Crippen LogP contribution is -2.48. The fourth-order valence-corrected chi connectivity index (χ4v) is 6.87. The minimum atomic E-state index is -3.63. The van der Waals surface area contributed by atoms with Crippen LogP contribution in [0, 0.1) is 0 Å². The summed E-state index contributed by atoms with van der Waals surface area (Å²) in [5.41, 5.74) is 1.92. The average molecular weight is 651 g/mol. The molecular formula is C32H41Cl2N3O5S. The number of piperidine rings is 1. The number of benzene rings is 3. The Hall–Kier alpha value is -2.66. The van der Waals surface area contributed by atoms with E-state index >= 15 is 0 Å². The quantitative estimate of drug-likeness (QED) is 0.257. The summed E-state index contributed by atoms with van der Waals surface area (Å²) < 4.78 is 33.5. The molecule has 4 rings (SSSR count). The van der Waals surface area contributed by atoms with Crippen LogP contribution in [0.2, 0.25) is 5.02 Å². The zero-order valence-electron chi connectivity index (χ0n) is 24.4. The minimum absolute atomic E-state index is 0. The van der Waals surface area contributed by atoms with E-state index in [0.717, 1.165) is 50.0 Å². The van der Waals surface area contributed by atoms with Crippen LogP contribution < -0.4 is 0 Å². The van der Waals surface area contributed by atoms with Gasteiger partial charge in [0.15, 0.2) is 0 Å². The van der Waals surface area contributed by atoms with Crippen molar-refractivity contribution in [3.63, 3.8) is 0 Å². The molecule has 0 bridgehead atoms. The highest BCUT2D eigenvalue weighted by molar-refractivity contribution is 7.89. The van der Waals surface area contributed by atoms with Gasteiger partial charge in [-0.05, 0) is 67.1 Å². The molecule has 1 amide bonds. The van der Waals surface area contributed by atoms with Crippen molar-refractivity contribution in [1.82, 2.24) is 14.1 Å². The summed E-state index contributed by atoms with van der Waals surface area (Å²) in [5, 5.41) is 10.2. The maximum atomic E-state index is 13.2. The van der Waals surface area contributed by atoms with Gasteiger partial charge < -0.3 is 19.6 Å².